The largest absolute Gasteiger partial charge is 0.443 e. The third kappa shape index (κ3) is 4.33. The van der Waals surface area contributed by atoms with Crippen molar-refractivity contribution in [2.75, 3.05) is 10.6 Å². The van der Waals surface area contributed by atoms with Gasteiger partial charge in [-0.2, -0.15) is 0 Å². The van der Waals surface area contributed by atoms with Crippen molar-refractivity contribution in [1.29, 1.82) is 0 Å². The van der Waals surface area contributed by atoms with Gasteiger partial charge in [0, 0.05) is 37.6 Å². The topological polar surface area (TPSA) is 113 Å². The summed E-state index contributed by atoms with van der Waals surface area (Å²) in [6, 6.07) is 15.4. The van der Waals surface area contributed by atoms with E-state index in [1.807, 2.05) is 88.1 Å². The van der Waals surface area contributed by atoms with E-state index in [0.717, 1.165) is 33.3 Å². The summed E-state index contributed by atoms with van der Waals surface area (Å²) in [5.41, 5.74) is 11.4. The Morgan fingerprint density at radius 1 is 1.03 bits per heavy atom. The molecule has 4 heterocycles. The van der Waals surface area contributed by atoms with Crippen molar-refractivity contribution < 1.29 is 14.3 Å². The van der Waals surface area contributed by atoms with E-state index in [-0.39, 0.29) is 6.54 Å². The molecule has 0 radical (unpaired) electrons. The van der Waals surface area contributed by atoms with E-state index in [9.17, 15) is 4.79 Å². The number of nitrogens with two attached hydrogens (primary N) is 1. The predicted molar refractivity (Wildman–Crippen MR) is 149 cm³/mol. The molecule has 5 aromatic rings. The molecule has 0 fully saturated rings. The quantitative estimate of drug-likeness (QED) is 0.303. The summed E-state index contributed by atoms with van der Waals surface area (Å²) in [6.45, 7) is 5.77. The predicted octanol–water partition coefficient (Wildman–Crippen LogP) is 5.67. The normalized spacial score (nSPS) is 12.8. The van der Waals surface area contributed by atoms with Gasteiger partial charge in [-0.25, -0.2) is 14.8 Å². The van der Waals surface area contributed by atoms with Gasteiger partial charge in [0.15, 0.2) is 5.82 Å². The van der Waals surface area contributed by atoms with Crippen LogP contribution in [0, 0.1) is 0 Å². The SMILES string of the molecule is Cn1ccc(Oc2ccc3c(c2)CN(C(=O)OC(C)(C)C)c2ncnc4c2c-3c(-c2ccc(N)cc2)n4C)n1. The van der Waals surface area contributed by atoms with Crippen LogP contribution in [0.3, 0.4) is 0 Å². The maximum atomic E-state index is 13.6. The molecule has 0 atom stereocenters. The van der Waals surface area contributed by atoms with Crippen LogP contribution in [0.15, 0.2) is 61.1 Å². The van der Waals surface area contributed by atoms with Gasteiger partial charge in [0.05, 0.1) is 17.6 Å². The van der Waals surface area contributed by atoms with E-state index in [2.05, 4.69) is 15.1 Å². The van der Waals surface area contributed by atoms with Crippen molar-refractivity contribution in [2.45, 2.75) is 32.9 Å². The Hall–Kier alpha value is -4.86. The van der Waals surface area contributed by atoms with Gasteiger partial charge in [-0.15, -0.1) is 5.10 Å². The van der Waals surface area contributed by atoms with Gasteiger partial charge < -0.3 is 19.8 Å². The van der Waals surface area contributed by atoms with Crippen LogP contribution in [0.4, 0.5) is 16.3 Å². The summed E-state index contributed by atoms with van der Waals surface area (Å²) < 4.78 is 15.6. The molecular weight excluding hydrogens is 494 g/mol. The van der Waals surface area contributed by atoms with E-state index in [0.29, 0.717) is 28.8 Å². The average molecular weight is 524 g/mol. The second kappa shape index (κ2) is 8.87. The maximum Gasteiger partial charge on any atom is 0.416 e. The lowest BCUT2D eigenvalue weighted by atomic mass is 9.95. The lowest BCUT2D eigenvalue weighted by Crippen LogP contribution is -2.37. The zero-order valence-electron chi connectivity index (χ0n) is 22.5. The molecule has 39 heavy (non-hydrogen) atoms. The van der Waals surface area contributed by atoms with Crippen molar-refractivity contribution in [3.05, 3.63) is 66.6 Å². The Kier molecular flexibility index (Phi) is 5.56. The molecule has 0 saturated heterocycles. The first-order valence-corrected chi connectivity index (χ1v) is 12.6. The number of anilines is 2. The molecule has 198 valence electrons. The van der Waals surface area contributed by atoms with Gasteiger partial charge in [-0.3, -0.25) is 9.58 Å². The minimum absolute atomic E-state index is 0.231. The van der Waals surface area contributed by atoms with Crippen LogP contribution in [0.25, 0.3) is 33.4 Å². The molecule has 3 aromatic heterocycles. The summed E-state index contributed by atoms with van der Waals surface area (Å²) in [5.74, 6) is 1.58. The smallest absolute Gasteiger partial charge is 0.416 e. The molecule has 2 aromatic carbocycles. The molecule has 1 aliphatic heterocycles. The number of fused-ring (bicyclic) bond motifs is 2. The van der Waals surface area contributed by atoms with Gasteiger partial charge in [0.1, 0.15) is 23.3 Å². The molecule has 0 bridgehead atoms. The van der Waals surface area contributed by atoms with E-state index in [4.69, 9.17) is 15.2 Å². The highest BCUT2D eigenvalue weighted by atomic mass is 16.6. The van der Waals surface area contributed by atoms with Crippen LogP contribution >= 0.6 is 0 Å². The molecule has 10 heteroatoms. The highest BCUT2D eigenvalue weighted by molar-refractivity contribution is 6.12. The number of aryl methyl sites for hydroxylation is 2. The second-order valence-corrected chi connectivity index (χ2v) is 10.6. The second-order valence-electron chi connectivity index (χ2n) is 10.6. The Morgan fingerprint density at radius 2 is 1.79 bits per heavy atom. The third-order valence-electron chi connectivity index (χ3n) is 6.59. The van der Waals surface area contributed by atoms with E-state index >= 15 is 0 Å². The minimum atomic E-state index is -0.684. The molecule has 1 aliphatic rings. The molecular formula is C29H29N7O3. The molecule has 0 aliphatic carbocycles. The van der Waals surface area contributed by atoms with Crippen molar-refractivity contribution in [2.24, 2.45) is 14.1 Å². The number of ether oxygens (including phenoxy) is 2. The first-order valence-electron chi connectivity index (χ1n) is 12.6. The van der Waals surface area contributed by atoms with E-state index in [1.165, 1.54) is 6.33 Å². The fourth-order valence-electron chi connectivity index (χ4n) is 4.97. The van der Waals surface area contributed by atoms with Crippen LogP contribution in [0.1, 0.15) is 26.3 Å². The van der Waals surface area contributed by atoms with Gasteiger partial charge in [-0.1, -0.05) is 18.2 Å². The first-order chi connectivity index (χ1) is 18.6. The average Bonchev–Trinajstić information content (AvgIpc) is 3.37. The molecule has 10 nitrogen and oxygen atoms in total. The van der Waals surface area contributed by atoms with Crippen LogP contribution < -0.4 is 15.4 Å². The lowest BCUT2D eigenvalue weighted by molar-refractivity contribution is 0.0577. The summed E-state index contributed by atoms with van der Waals surface area (Å²) in [6.07, 6.45) is 2.81. The lowest BCUT2D eigenvalue weighted by Gasteiger charge is -2.26. The van der Waals surface area contributed by atoms with Crippen molar-refractivity contribution >= 4 is 28.6 Å². The number of carbonyl (C=O) groups excluding carboxylic acids is 1. The number of hydrogen-bond donors (Lipinski definition) is 1. The van der Waals surface area contributed by atoms with Gasteiger partial charge in [0.25, 0.3) is 0 Å². The molecule has 0 spiro atoms. The Morgan fingerprint density at radius 3 is 2.49 bits per heavy atom. The van der Waals surface area contributed by atoms with Crippen molar-refractivity contribution in [3.8, 4) is 34.0 Å². The number of rotatable bonds is 3. The monoisotopic (exact) mass is 523 g/mol. The number of amides is 1. The third-order valence-corrected chi connectivity index (χ3v) is 6.59. The van der Waals surface area contributed by atoms with Gasteiger partial charge >= 0.3 is 6.09 Å². The van der Waals surface area contributed by atoms with Crippen LogP contribution in [-0.2, 0) is 25.4 Å². The first kappa shape index (κ1) is 24.5. The molecule has 0 unspecified atom stereocenters. The zero-order valence-corrected chi connectivity index (χ0v) is 22.5. The highest BCUT2D eigenvalue weighted by Crippen LogP contribution is 2.47. The van der Waals surface area contributed by atoms with Gasteiger partial charge in [0.2, 0.25) is 5.88 Å². The zero-order chi connectivity index (χ0) is 27.5. The number of nitrogens with zero attached hydrogens (tertiary/aromatic N) is 6. The Labute approximate surface area is 225 Å². The molecule has 1 amide bonds. The Balaban J connectivity index is 1.60. The van der Waals surface area contributed by atoms with Crippen LogP contribution in [-0.4, -0.2) is 36.0 Å². The molecule has 2 N–H and O–H groups in total. The number of hydrogen-bond acceptors (Lipinski definition) is 7. The van der Waals surface area contributed by atoms with E-state index in [1.54, 1.807) is 15.6 Å². The van der Waals surface area contributed by atoms with Crippen LogP contribution in [0.2, 0.25) is 0 Å². The number of nitrogen functional groups attached to an aromatic ring is 1. The number of carbonyl (C=O) groups is 1. The summed E-state index contributed by atoms with van der Waals surface area (Å²) >= 11 is 0. The standard InChI is InChI=1S/C29H29N7O3/c1-29(2,3)39-28(37)36-15-18-14-20(38-22-12-13-34(4)33-22)10-11-21(18)23-24-26(31-16-32-27(24)36)35(5)25(23)17-6-8-19(30)9-7-17/h6-14,16H,15,30H2,1-5H3. The summed E-state index contributed by atoms with van der Waals surface area (Å²) in [4.78, 5) is 24.4. The maximum absolute atomic E-state index is 13.6. The number of aromatic nitrogens is 5. The molecule has 0 saturated carbocycles. The van der Waals surface area contributed by atoms with Crippen LogP contribution in [0.5, 0.6) is 11.6 Å². The van der Waals surface area contributed by atoms with Crippen molar-refractivity contribution in [1.82, 2.24) is 24.3 Å². The summed E-state index contributed by atoms with van der Waals surface area (Å²) in [7, 11) is 3.80. The van der Waals surface area contributed by atoms with Gasteiger partial charge in [-0.05, 0) is 61.7 Å². The fourth-order valence-corrected chi connectivity index (χ4v) is 4.97. The summed E-state index contributed by atoms with van der Waals surface area (Å²) in [5, 5.41) is 5.10. The number of benzene rings is 2. The fraction of sp³-hybridized carbons (Fsp3) is 0.241. The highest BCUT2D eigenvalue weighted by Gasteiger charge is 2.34. The Bertz CT molecular complexity index is 1730. The van der Waals surface area contributed by atoms with Crippen molar-refractivity contribution in [3.63, 3.8) is 0 Å². The van der Waals surface area contributed by atoms with E-state index < -0.39 is 11.7 Å². The molecule has 6 rings (SSSR count). The minimum Gasteiger partial charge on any atom is -0.443 e.